The number of benzene rings is 1. The fourth-order valence-corrected chi connectivity index (χ4v) is 2.81. The van der Waals surface area contributed by atoms with E-state index in [4.69, 9.17) is 14.2 Å². The van der Waals surface area contributed by atoms with Gasteiger partial charge in [0.1, 0.15) is 0 Å². The molecule has 19 heavy (non-hydrogen) atoms. The van der Waals surface area contributed by atoms with E-state index in [1.807, 2.05) is 30.3 Å². The van der Waals surface area contributed by atoms with E-state index in [1.165, 1.54) is 0 Å². The van der Waals surface area contributed by atoms with Crippen LogP contribution in [0.3, 0.4) is 0 Å². The Labute approximate surface area is 113 Å². The van der Waals surface area contributed by atoms with E-state index in [9.17, 15) is 5.11 Å². The summed E-state index contributed by atoms with van der Waals surface area (Å²) in [6.45, 7) is 1.79. The molecule has 1 aromatic rings. The third kappa shape index (κ3) is 2.98. The van der Waals surface area contributed by atoms with Crippen molar-refractivity contribution in [2.24, 2.45) is 0 Å². The number of aliphatic hydroxyl groups excluding tert-OH is 1. The van der Waals surface area contributed by atoms with Crippen molar-refractivity contribution in [3.8, 4) is 0 Å². The first kappa shape index (κ1) is 13.1. The molecule has 2 aliphatic rings. The van der Waals surface area contributed by atoms with Crippen LogP contribution < -0.4 is 0 Å². The first-order chi connectivity index (χ1) is 9.27. The Morgan fingerprint density at radius 1 is 1.21 bits per heavy atom. The van der Waals surface area contributed by atoms with E-state index in [-0.39, 0.29) is 6.10 Å². The highest BCUT2D eigenvalue weighted by Crippen LogP contribution is 2.37. The fourth-order valence-electron chi connectivity index (χ4n) is 2.81. The Hall–Kier alpha value is -0.940. The fraction of sp³-hybridized carbons (Fsp3) is 0.600. The van der Waals surface area contributed by atoms with Gasteiger partial charge in [-0.15, -0.1) is 0 Å². The number of hydrogen-bond donors (Lipinski definition) is 1. The van der Waals surface area contributed by atoms with E-state index in [0.717, 1.165) is 12.0 Å². The summed E-state index contributed by atoms with van der Waals surface area (Å²) in [5.74, 6) is -0.513. The summed E-state index contributed by atoms with van der Waals surface area (Å²) in [6.07, 6.45) is 1.38. The lowest BCUT2D eigenvalue weighted by Gasteiger charge is -2.38. The molecule has 0 amide bonds. The van der Waals surface area contributed by atoms with Crippen LogP contribution in [0.25, 0.3) is 0 Å². The quantitative estimate of drug-likeness (QED) is 0.905. The van der Waals surface area contributed by atoms with Crippen molar-refractivity contribution >= 4 is 0 Å². The molecule has 2 fully saturated rings. The monoisotopic (exact) mass is 264 g/mol. The van der Waals surface area contributed by atoms with Crippen LogP contribution in [0.15, 0.2) is 30.3 Å². The summed E-state index contributed by atoms with van der Waals surface area (Å²) in [5, 5.41) is 10.1. The molecule has 1 spiro atoms. The van der Waals surface area contributed by atoms with Crippen molar-refractivity contribution in [3.05, 3.63) is 35.9 Å². The standard InChI is InChI=1S/C15H20O4/c16-13-6-7-15(18-8-9-19-15)10-14(13)17-11-12-4-2-1-3-5-12/h1-5,13-14,16H,6-11H2. The lowest BCUT2D eigenvalue weighted by atomic mass is 9.89. The van der Waals surface area contributed by atoms with Gasteiger partial charge < -0.3 is 19.3 Å². The number of ether oxygens (including phenoxy) is 3. The normalized spacial score (nSPS) is 29.7. The SMILES string of the molecule is OC1CCC2(CC1OCc1ccccc1)OCCO2. The molecule has 1 N–H and O–H groups in total. The van der Waals surface area contributed by atoms with Crippen LogP contribution in [0.4, 0.5) is 0 Å². The summed E-state index contributed by atoms with van der Waals surface area (Å²) in [5.41, 5.74) is 1.11. The van der Waals surface area contributed by atoms with Crippen molar-refractivity contribution in [2.45, 2.75) is 43.9 Å². The zero-order chi connectivity index (χ0) is 13.1. The van der Waals surface area contributed by atoms with E-state index >= 15 is 0 Å². The molecule has 1 saturated carbocycles. The summed E-state index contributed by atoms with van der Waals surface area (Å²) in [7, 11) is 0. The molecule has 1 aliphatic heterocycles. The number of rotatable bonds is 3. The minimum Gasteiger partial charge on any atom is -0.390 e. The minimum atomic E-state index is -0.513. The van der Waals surface area contributed by atoms with Crippen LogP contribution in [0.5, 0.6) is 0 Å². The molecule has 0 radical (unpaired) electrons. The number of aliphatic hydroxyl groups is 1. The Morgan fingerprint density at radius 2 is 1.95 bits per heavy atom. The van der Waals surface area contributed by atoms with Crippen LogP contribution in [0.1, 0.15) is 24.8 Å². The average molecular weight is 264 g/mol. The van der Waals surface area contributed by atoms with Crippen molar-refractivity contribution in [1.82, 2.24) is 0 Å². The van der Waals surface area contributed by atoms with Gasteiger partial charge in [-0.05, 0) is 12.0 Å². The summed E-state index contributed by atoms with van der Waals surface area (Å²) in [6, 6.07) is 10.00. The van der Waals surface area contributed by atoms with Crippen molar-refractivity contribution in [2.75, 3.05) is 13.2 Å². The van der Waals surface area contributed by atoms with Crippen LogP contribution in [0, 0.1) is 0 Å². The number of hydrogen-bond acceptors (Lipinski definition) is 4. The van der Waals surface area contributed by atoms with E-state index < -0.39 is 11.9 Å². The zero-order valence-corrected chi connectivity index (χ0v) is 11.0. The van der Waals surface area contributed by atoms with Crippen LogP contribution >= 0.6 is 0 Å². The molecule has 1 aliphatic carbocycles. The van der Waals surface area contributed by atoms with Gasteiger partial charge in [0.25, 0.3) is 0 Å². The second kappa shape index (κ2) is 5.59. The zero-order valence-electron chi connectivity index (χ0n) is 11.0. The van der Waals surface area contributed by atoms with Gasteiger partial charge in [0.05, 0.1) is 32.0 Å². The van der Waals surface area contributed by atoms with Crippen LogP contribution in [-0.4, -0.2) is 36.3 Å². The first-order valence-corrected chi connectivity index (χ1v) is 6.89. The van der Waals surface area contributed by atoms with Gasteiger partial charge in [-0.25, -0.2) is 0 Å². The molecule has 1 aromatic carbocycles. The lowest BCUT2D eigenvalue weighted by molar-refractivity contribution is -0.223. The maximum absolute atomic E-state index is 10.1. The van der Waals surface area contributed by atoms with Crippen molar-refractivity contribution in [1.29, 1.82) is 0 Å². The molecule has 4 nitrogen and oxygen atoms in total. The van der Waals surface area contributed by atoms with Gasteiger partial charge in [0, 0.05) is 12.8 Å². The molecule has 2 unspecified atom stereocenters. The highest BCUT2D eigenvalue weighted by atomic mass is 16.7. The van der Waals surface area contributed by atoms with Crippen LogP contribution in [-0.2, 0) is 20.8 Å². The van der Waals surface area contributed by atoms with E-state index in [2.05, 4.69) is 0 Å². The van der Waals surface area contributed by atoms with Gasteiger partial charge >= 0.3 is 0 Å². The van der Waals surface area contributed by atoms with Crippen molar-refractivity contribution in [3.63, 3.8) is 0 Å². The summed E-state index contributed by atoms with van der Waals surface area (Å²) >= 11 is 0. The Kier molecular flexibility index (Phi) is 3.84. The lowest BCUT2D eigenvalue weighted by Crippen LogP contribution is -2.46. The van der Waals surface area contributed by atoms with Gasteiger partial charge in [-0.1, -0.05) is 30.3 Å². The van der Waals surface area contributed by atoms with Crippen LogP contribution in [0.2, 0.25) is 0 Å². The molecule has 104 valence electrons. The van der Waals surface area contributed by atoms with E-state index in [1.54, 1.807) is 0 Å². The molecule has 0 aromatic heterocycles. The maximum atomic E-state index is 10.1. The Morgan fingerprint density at radius 3 is 2.68 bits per heavy atom. The topological polar surface area (TPSA) is 47.9 Å². The molecular weight excluding hydrogens is 244 g/mol. The first-order valence-electron chi connectivity index (χ1n) is 6.89. The van der Waals surface area contributed by atoms with Crippen molar-refractivity contribution < 1.29 is 19.3 Å². The smallest absolute Gasteiger partial charge is 0.171 e. The molecule has 2 atom stereocenters. The molecule has 1 saturated heterocycles. The van der Waals surface area contributed by atoms with Gasteiger partial charge in [-0.2, -0.15) is 0 Å². The molecule has 4 heteroatoms. The second-order valence-corrected chi connectivity index (χ2v) is 5.25. The van der Waals surface area contributed by atoms with Gasteiger partial charge in [0.15, 0.2) is 5.79 Å². The highest BCUT2D eigenvalue weighted by Gasteiger charge is 2.45. The third-order valence-corrected chi connectivity index (χ3v) is 3.88. The third-order valence-electron chi connectivity index (χ3n) is 3.88. The second-order valence-electron chi connectivity index (χ2n) is 5.25. The summed E-state index contributed by atoms with van der Waals surface area (Å²) < 4.78 is 17.3. The predicted molar refractivity (Wildman–Crippen MR) is 69.5 cm³/mol. The molecule has 1 heterocycles. The Bertz CT molecular complexity index is 400. The largest absolute Gasteiger partial charge is 0.390 e. The maximum Gasteiger partial charge on any atom is 0.171 e. The molecule has 3 rings (SSSR count). The van der Waals surface area contributed by atoms with Gasteiger partial charge in [0.2, 0.25) is 0 Å². The minimum absolute atomic E-state index is 0.216. The average Bonchev–Trinajstić information content (AvgIpc) is 2.90. The van der Waals surface area contributed by atoms with Gasteiger partial charge in [-0.3, -0.25) is 0 Å². The highest BCUT2D eigenvalue weighted by molar-refractivity contribution is 5.13. The summed E-state index contributed by atoms with van der Waals surface area (Å²) in [4.78, 5) is 0. The molecule has 0 bridgehead atoms. The predicted octanol–water partition coefficient (Wildman–Crippen LogP) is 1.86. The van der Waals surface area contributed by atoms with E-state index in [0.29, 0.717) is 32.7 Å². The Balaban J connectivity index is 1.59. The molecular formula is C15H20O4.